The van der Waals surface area contributed by atoms with Crippen molar-refractivity contribution in [2.24, 2.45) is 0 Å². The Bertz CT molecular complexity index is 206. The highest BCUT2D eigenvalue weighted by Crippen LogP contribution is 2.26. The zero-order valence-corrected chi connectivity index (χ0v) is 14.4. The smallest absolute Gasteiger partial charge is 0.283 e. The van der Waals surface area contributed by atoms with Crippen LogP contribution in [-0.4, -0.2) is 25.3 Å². The first-order valence-electron chi connectivity index (χ1n) is 8.55. The van der Waals surface area contributed by atoms with Crippen molar-refractivity contribution in [1.82, 2.24) is 0 Å². The van der Waals surface area contributed by atoms with Gasteiger partial charge in [0.2, 0.25) is 0 Å². The molecule has 0 aliphatic heterocycles. The van der Waals surface area contributed by atoms with Crippen LogP contribution in [0.4, 0.5) is 0 Å². The van der Waals surface area contributed by atoms with Crippen molar-refractivity contribution in [3.8, 4) is 0 Å². The molecule has 0 aromatic carbocycles. The summed E-state index contributed by atoms with van der Waals surface area (Å²) in [7, 11) is 0. The summed E-state index contributed by atoms with van der Waals surface area (Å²) in [6.45, 7) is 12.0. The molecule has 0 aliphatic rings. The van der Waals surface area contributed by atoms with Crippen molar-refractivity contribution in [3.63, 3.8) is 0 Å². The molecule has 20 heavy (non-hydrogen) atoms. The molecule has 1 unspecified atom stereocenters. The molecule has 0 aliphatic carbocycles. The molecule has 0 radical (unpaired) electrons. The lowest BCUT2D eigenvalue weighted by atomic mass is 10.1. The number of hydrogen-bond acceptors (Lipinski definition) is 3. The van der Waals surface area contributed by atoms with Gasteiger partial charge >= 0.3 is 0 Å². The molecule has 1 atom stereocenters. The van der Waals surface area contributed by atoms with E-state index in [1.807, 2.05) is 13.8 Å². The third-order valence-corrected chi connectivity index (χ3v) is 3.10. The highest BCUT2D eigenvalue weighted by Gasteiger charge is 2.34. The molecular formula is C17H36O3. The van der Waals surface area contributed by atoms with Gasteiger partial charge < -0.3 is 14.2 Å². The summed E-state index contributed by atoms with van der Waals surface area (Å²) in [6.07, 6.45) is 8.91. The van der Waals surface area contributed by atoms with E-state index in [-0.39, 0.29) is 6.10 Å². The number of ether oxygens (including phenoxy) is 3. The van der Waals surface area contributed by atoms with Gasteiger partial charge in [-0.1, -0.05) is 46.5 Å². The van der Waals surface area contributed by atoms with E-state index in [0.717, 1.165) is 32.1 Å². The fourth-order valence-corrected chi connectivity index (χ4v) is 2.07. The maximum absolute atomic E-state index is 6.02. The average Bonchev–Trinajstić information content (AvgIpc) is 2.41. The van der Waals surface area contributed by atoms with Gasteiger partial charge in [0.1, 0.15) is 0 Å². The monoisotopic (exact) mass is 288 g/mol. The molecule has 0 spiro atoms. The Morgan fingerprint density at radius 3 is 1.95 bits per heavy atom. The summed E-state index contributed by atoms with van der Waals surface area (Å²) in [5.74, 6) is -0.826. The Balaban J connectivity index is 4.51. The van der Waals surface area contributed by atoms with Crippen molar-refractivity contribution >= 4 is 0 Å². The molecule has 0 rings (SSSR count). The minimum absolute atomic E-state index is 0.111. The van der Waals surface area contributed by atoms with Crippen molar-refractivity contribution < 1.29 is 14.2 Å². The van der Waals surface area contributed by atoms with E-state index >= 15 is 0 Å². The van der Waals surface area contributed by atoms with E-state index < -0.39 is 5.97 Å². The Hall–Kier alpha value is -0.120. The molecule has 0 amide bonds. The van der Waals surface area contributed by atoms with E-state index in [1.165, 1.54) is 19.3 Å². The predicted octanol–water partition coefficient (Wildman–Crippen LogP) is 5.28. The second kappa shape index (κ2) is 12.6. The van der Waals surface area contributed by atoms with Crippen LogP contribution in [0.2, 0.25) is 0 Å². The van der Waals surface area contributed by atoms with E-state index in [1.54, 1.807) is 0 Å². The highest BCUT2D eigenvalue weighted by molar-refractivity contribution is 4.62. The SMILES string of the molecule is CCCCCCC(OCCC)(OCCCC)OC(C)C. The third kappa shape index (κ3) is 9.73. The summed E-state index contributed by atoms with van der Waals surface area (Å²) >= 11 is 0. The van der Waals surface area contributed by atoms with Crippen LogP contribution >= 0.6 is 0 Å². The fourth-order valence-electron chi connectivity index (χ4n) is 2.07. The summed E-state index contributed by atoms with van der Waals surface area (Å²) in [5, 5.41) is 0. The molecular weight excluding hydrogens is 252 g/mol. The minimum atomic E-state index is -0.826. The molecule has 0 N–H and O–H groups in total. The third-order valence-electron chi connectivity index (χ3n) is 3.10. The molecule has 122 valence electrons. The minimum Gasteiger partial charge on any atom is -0.327 e. The van der Waals surface area contributed by atoms with E-state index in [4.69, 9.17) is 14.2 Å². The first kappa shape index (κ1) is 19.9. The molecule has 0 fully saturated rings. The van der Waals surface area contributed by atoms with Gasteiger partial charge in [0.05, 0.1) is 19.3 Å². The van der Waals surface area contributed by atoms with Crippen LogP contribution in [0.15, 0.2) is 0 Å². The lowest BCUT2D eigenvalue weighted by Crippen LogP contribution is -2.42. The van der Waals surface area contributed by atoms with Gasteiger partial charge in [-0.3, -0.25) is 0 Å². The lowest BCUT2D eigenvalue weighted by molar-refractivity contribution is -0.393. The van der Waals surface area contributed by atoms with Gasteiger partial charge in [0, 0.05) is 6.42 Å². The van der Waals surface area contributed by atoms with Crippen LogP contribution in [0.3, 0.4) is 0 Å². The van der Waals surface area contributed by atoms with Gasteiger partial charge in [0.15, 0.2) is 0 Å². The standard InChI is InChI=1S/C17H36O3/c1-6-9-11-12-13-17(18-14-8-3,20-16(4)5)19-15-10-7-2/h16H,6-15H2,1-5H3. The zero-order chi connectivity index (χ0) is 15.3. The lowest BCUT2D eigenvalue weighted by Gasteiger charge is -2.35. The maximum Gasteiger partial charge on any atom is 0.283 e. The zero-order valence-electron chi connectivity index (χ0n) is 14.4. The van der Waals surface area contributed by atoms with Gasteiger partial charge in [-0.25, -0.2) is 0 Å². The van der Waals surface area contributed by atoms with Gasteiger partial charge in [-0.05, 0) is 33.1 Å². The molecule has 0 saturated heterocycles. The van der Waals surface area contributed by atoms with Crippen molar-refractivity contribution in [2.45, 2.75) is 98.1 Å². The molecule has 0 heterocycles. The Morgan fingerprint density at radius 2 is 1.40 bits per heavy atom. The normalized spacial score (nSPS) is 14.7. The summed E-state index contributed by atoms with van der Waals surface area (Å²) in [5.41, 5.74) is 0. The molecule has 0 bridgehead atoms. The van der Waals surface area contributed by atoms with Crippen LogP contribution in [0, 0.1) is 0 Å². The maximum atomic E-state index is 6.02. The molecule has 0 saturated carbocycles. The number of hydrogen-bond donors (Lipinski definition) is 0. The Morgan fingerprint density at radius 1 is 0.750 bits per heavy atom. The summed E-state index contributed by atoms with van der Waals surface area (Å²) in [4.78, 5) is 0. The molecule has 0 aromatic heterocycles. The van der Waals surface area contributed by atoms with E-state index in [9.17, 15) is 0 Å². The first-order chi connectivity index (χ1) is 9.60. The van der Waals surface area contributed by atoms with Crippen LogP contribution in [0.25, 0.3) is 0 Å². The number of unbranched alkanes of at least 4 members (excludes halogenated alkanes) is 4. The van der Waals surface area contributed by atoms with Crippen molar-refractivity contribution in [1.29, 1.82) is 0 Å². The highest BCUT2D eigenvalue weighted by atomic mass is 16.9. The van der Waals surface area contributed by atoms with E-state index in [2.05, 4.69) is 20.8 Å². The Labute approximate surface area is 126 Å². The quantitative estimate of drug-likeness (QED) is 0.321. The fraction of sp³-hybridized carbons (Fsp3) is 1.00. The first-order valence-corrected chi connectivity index (χ1v) is 8.55. The molecule has 0 aromatic rings. The van der Waals surface area contributed by atoms with Crippen LogP contribution in [0.5, 0.6) is 0 Å². The van der Waals surface area contributed by atoms with Gasteiger partial charge in [0.25, 0.3) is 5.97 Å². The summed E-state index contributed by atoms with van der Waals surface area (Å²) < 4.78 is 18.0. The van der Waals surface area contributed by atoms with Crippen molar-refractivity contribution in [2.75, 3.05) is 13.2 Å². The van der Waals surface area contributed by atoms with Gasteiger partial charge in [-0.15, -0.1) is 0 Å². The second-order valence-corrected chi connectivity index (χ2v) is 5.71. The molecule has 3 nitrogen and oxygen atoms in total. The van der Waals surface area contributed by atoms with Crippen LogP contribution < -0.4 is 0 Å². The average molecular weight is 288 g/mol. The summed E-state index contributed by atoms with van der Waals surface area (Å²) in [6, 6.07) is 0. The largest absolute Gasteiger partial charge is 0.327 e. The van der Waals surface area contributed by atoms with Crippen molar-refractivity contribution in [3.05, 3.63) is 0 Å². The molecule has 3 heteroatoms. The van der Waals surface area contributed by atoms with Crippen LogP contribution in [0.1, 0.15) is 86.0 Å². The second-order valence-electron chi connectivity index (χ2n) is 5.71. The Kier molecular flexibility index (Phi) is 12.5. The number of rotatable bonds is 14. The van der Waals surface area contributed by atoms with Gasteiger partial charge in [-0.2, -0.15) is 0 Å². The van der Waals surface area contributed by atoms with Crippen LogP contribution in [-0.2, 0) is 14.2 Å². The van der Waals surface area contributed by atoms with E-state index in [0.29, 0.717) is 13.2 Å². The predicted molar refractivity (Wildman–Crippen MR) is 84.8 cm³/mol. The topological polar surface area (TPSA) is 27.7 Å².